The molecule has 0 aliphatic rings. The van der Waals surface area contributed by atoms with Crippen molar-refractivity contribution in [3.05, 3.63) is 29.8 Å². The Labute approximate surface area is 161 Å². The highest BCUT2D eigenvalue weighted by Gasteiger charge is 2.27. The highest BCUT2D eigenvalue weighted by molar-refractivity contribution is 7.90. The lowest BCUT2D eigenvalue weighted by molar-refractivity contribution is -0.134. The van der Waals surface area contributed by atoms with Gasteiger partial charge in [0.05, 0.1) is 6.61 Å². The van der Waals surface area contributed by atoms with E-state index in [9.17, 15) is 18.3 Å². The number of carbonyl (C=O) groups is 1. The van der Waals surface area contributed by atoms with Crippen molar-refractivity contribution in [2.24, 2.45) is 5.92 Å². The van der Waals surface area contributed by atoms with E-state index in [0.717, 1.165) is 12.0 Å². The van der Waals surface area contributed by atoms with Crippen LogP contribution in [0.1, 0.15) is 52.0 Å². The predicted octanol–water partition coefficient (Wildman–Crippen LogP) is 2.48. The van der Waals surface area contributed by atoms with Crippen LogP contribution in [0.15, 0.2) is 24.3 Å². The Morgan fingerprint density at radius 1 is 1.22 bits per heavy atom. The van der Waals surface area contributed by atoms with Crippen molar-refractivity contribution in [1.82, 2.24) is 4.72 Å². The summed E-state index contributed by atoms with van der Waals surface area (Å²) in [6.07, 6.45) is 1.97. The molecule has 152 valence electrons. The second-order valence-corrected chi connectivity index (χ2v) is 8.72. The van der Waals surface area contributed by atoms with Gasteiger partial charge in [0.25, 0.3) is 0 Å². The molecule has 1 aromatic carbocycles. The maximum atomic E-state index is 12.1. The Morgan fingerprint density at radius 2 is 1.85 bits per heavy atom. The molecule has 0 saturated heterocycles. The predicted molar refractivity (Wildman–Crippen MR) is 106 cm³/mol. The van der Waals surface area contributed by atoms with Crippen molar-refractivity contribution in [3.8, 4) is 5.75 Å². The normalized spacial score (nSPS) is 12.8. The first-order valence-corrected chi connectivity index (χ1v) is 10.7. The first-order valence-electron chi connectivity index (χ1n) is 9.19. The van der Waals surface area contributed by atoms with Crippen LogP contribution in [-0.2, 0) is 14.8 Å². The zero-order chi connectivity index (χ0) is 20.4. The quantitative estimate of drug-likeness (QED) is 0.216. The molecule has 8 heteroatoms. The minimum atomic E-state index is -3.62. The molecule has 0 bridgehead atoms. The Hall–Kier alpha value is -1.77. The summed E-state index contributed by atoms with van der Waals surface area (Å²) in [4.78, 5) is 11.9. The highest BCUT2D eigenvalue weighted by Crippen LogP contribution is 2.15. The summed E-state index contributed by atoms with van der Waals surface area (Å²) in [5, 5.41) is 16.2. The van der Waals surface area contributed by atoms with Crippen LogP contribution >= 0.6 is 0 Å². The van der Waals surface area contributed by atoms with Crippen molar-refractivity contribution in [1.29, 1.82) is 5.41 Å². The van der Waals surface area contributed by atoms with Crippen LogP contribution in [0, 0.1) is 11.3 Å². The average molecular weight is 399 g/mol. The Kier molecular flexibility index (Phi) is 9.62. The molecular formula is C19H30N2O5S. The van der Waals surface area contributed by atoms with Gasteiger partial charge in [-0.1, -0.05) is 27.2 Å². The van der Waals surface area contributed by atoms with E-state index >= 15 is 0 Å². The largest absolute Gasteiger partial charge is 0.427 e. The summed E-state index contributed by atoms with van der Waals surface area (Å²) in [5.74, 6) is -0.263. The summed E-state index contributed by atoms with van der Waals surface area (Å²) < 4.78 is 31.8. The first-order chi connectivity index (χ1) is 12.7. The van der Waals surface area contributed by atoms with E-state index in [4.69, 9.17) is 10.1 Å². The van der Waals surface area contributed by atoms with Gasteiger partial charge in [-0.15, -0.1) is 0 Å². The number of aliphatic hydroxyl groups excluding tert-OH is 1. The van der Waals surface area contributed by atoms with Crippen molar-refractivity contribution in [2.45, 2.75) is 51.7 Å². The van der Waals surface area contributed by atoms with E-state index in [1.54, 1.807) is 38.1 Å². The topological polar surface area (TPSA) is 117 Å². The number of esters is 1. The molecule has 1 unspecified atom stereocenters. The van der Waals surface area contributed by atoms with E-state index in [1.165, 1.54) is 0 Å². The molecule has 1 aromatic rings. The van der Waals surface area contributed by atoms with Crippen LogP contribution in [0.5, 0.6) is 5.75 Å². The lowest BCUT2D eigenvalue weighted by Crippen LogP contribution is -2.40. The third-order valence-electron chi connectivity index (χ3n) is 4.12. The molecule has 0 heterocycles. The third kappa shape index (κ3) is 7.78. The summed E-state index contributed by atoms with van der Waals surface area (Å²) in [5.41, 5.74) is 1.35. The maximum absolute atomic E-state index is 12.1. The fourth-order valence-electron chi connectivity index (χ4n) is 2.52. The molecule has 0 aliphatic carbocycles. The SMILES string of the molecule is CCCC(=N)c1ccc(OC(=O)CCCNS(=O)(=O)C(CO)C(C)C)cc1. The number of hydrogen-bond donors (Lipinski definition) is 3. The molecule has 3 N–H and O–H groups in total. The van der Waals surface area contributed by atoms with Gasteiger partial charge in [-0.05, 0) is 48.6 Å². The van der Waals surface area contributed by atoms with E-state index in [0.29, 0.717) is 24.3 Å². The molecule has 1 atom stereocenters. The van der Waals surface area contributed by atoms with Crippen LogP contribution in [-0.4, -0.2) is 43.6 Å². The van der Waals surface area contributed by atoms with Crippen LogP contribution in [0.3, 0.4) is 0 Å². The van der Waals surface area contributed by atoms with E-state index in [1.807, 2.05) is 6.92 Å². The van der Waals surface area contributed by atoms with E-state index in [-0.39, 0.29) is 18.9 Å². The zero-order valence-electron chi connectivity index (χ0n) is 16.2. The smallest absolute Gasteiger partial charge is 0.311 e. The number of rotatable bonds is 12. The maximum Gasteiger partial charge on any atom is 0.311 e. The van der Waals surface area contributed by atoms with Crippen molar-refractivity contribution < 1.29 is 23.1 Å². The number of nitrogens with one attached hydrogen (secondary N) is 2. The summed E-state index contributed by atoms with van der Waals surface area (Å²) >= 11 is 0. The summed E-state index contributed by atoms with van der Waals surface area (Å²) in [6, 6.07) is 6.79. The van der Waals surface area contributed by atoms with Gasteiger partial charge in [-0.25, -0.2) is 13.1 Å². The van der Waals surface area contributed by atoms with Crippen LogP contribution in [0.4, 0.5) is 0 Å². The molecule has 0 aromatic heterocycles. The number of aliphatic hydroxyl groups is 1. The number of carbonyl (C=O) groups excluding carboxylic acids is 1. The van der Waals surface area contributed by atoms with Gasteiger partial charge >= 0.3 is 5.97 Å². The van der Waals surface area contributed by atoms with Crippen molar-refractivity contribution >= 4 is 21.7 Å². The molecule has 0 aliphatic heterocycles. The summed E-state index contributed by atoms with van der Waals surface area (Å²) in [6.45, 7) is 5.13. The Morgan fingerprint density at radius 3 is 2.37 bits per heavy atom. The number of ether oxygens (including phenoxy) is 1. The van der Waals surface area contributed by atoms with Crippen LogP contribution in [0.25, 0.3) is 0 Å². The minimum absolute atomic E-state index is 0.0708. The Balaban J connectivity index is 2.42. The molecule has 0 amide bonds. The first kappa shape index (κ1) is 23.3. The van der Waals surface area contributed by atoms with Crippen LogP contribution < -0.4 is 9.46 Å². The summed E-state index contributed by atoms with van der Waals surface area (Å²) in [7, 11) is -3.62. The van der Waals surface area contributed by atoms with Gasteiger partial charge in [0.15, 0.2) is 0 Å². The number of sulfonamides is 1. The highest BCUT2D eigenvalue weighted by atomic mass is 32.2. The van der Waals surface area contributed by atoms with E-state index < -0.39 is 27.8 Å². The van der Waals surface area contributed by atoms with Gasteiger partial charge in [-0.3, -0.25) is 4.79 Å². The number of benzene rings is 1. The van der Waals surface area contributed by atoms with Gasteiger partial charge in [0.2, 0.25) is 10.0 Å². The van der Waals surface area contributed by atoms with Crippen molar-refractivity contribution in [2.75, 3.05) is 13.2 Å². The Bertz CT molecular complexity index is 714. The third-order valence-corrected chi connectivity index (χ3v) is 6.21. The molecule has 7 nitrogen and oxygen atoms in total. The standard InChI is InChI=1S/C19H30N2O5S/c1-4-6-17(20)15-8-10-16(11-9-15)26-19(23)7-5-12-21-27(24,25)18(13-22)14(2)3/h8-11,14,18,20-22H,4-7,12-13H2,1-3H3. The fourth-order valence-corrected chi connectivity index (χ4v) is 4.08. The van der Waals surface area contributed by atoms with Gasteiger partial charge < -0.3 is 15.3 Å². The van der Waals surface area contributed by atoms with Gasteiger partial charge in [0.1, 0.15) is 11.0 Å². The van der Waals surface area contributed by atoms with Crippen LogP contribution in [0.2, 0.25) is 0 Å². The van der Waals surface area contributed by atoms with Gasteiger partial charge in [-0.2, -0.15) is 0 Å². The lowest BCUT2D eigenvalue weighted by Gasteiger charge is -2.19. The molecule has 27 heavy (non-hydrogen) atoms. The van der Waals surface area contributed by atoms with Gasteiger partial charge in [0, 0.05) is 18.7 Å². The second kappa shape index (κ2) is 11.2. The monoisotopic (exact) mass is 398 g/mol. The minimum Gasteiger partial charge on any atom is -0.427 e. The molecular weight excluding hydrogens is 368 g/mol. The average Bonchev–Trinajstić information content (AvgIpc) is 2.59. The molecule has 1 rings (SSSR count). The molecule has 0 saturated carbocycles. The number of hydrogen-bond acceptors (Lipinski definition) is 6. The molecule has 0 spiro atoms. The molecule has 0 radical (unpaired) electrons. The van der Waals surface area contributed by atoms with Crippen molar-refractivity contribution in [3.63, 3.8) is 0 Å². The molecule has 0 fully saturated rings. The lowest BCUT2D eigenvalue weighted by atomic mass is 10.1. The fraction of sp³-hybridized carbons (Fsp3) is 0.579. The van der Waals surface area contributed by atoms with E-state index in [2.05, 4.69) is 4.72 Å². The zero-order valence-corrected chi connectivity index (χ0v) is 17.0. The second-order valence-electron chi connectivity index (χ2n) is 6.73.